The molecule has 4 aliphatic rings. The fraction of sp³-hybridized carbons (Fsp3) is 0.185. The summed E-state index contributed by atoms with van der Waals surface area (Å²) in [6, 6.07) is 64.0. The second-order valence-corrected chi connectivity index (χ2v) is 18.1. The molecular formula is C54H43NS. The molecular weight excluding hydrogens is 695 g/mol. The standard InChI is InChI=1S/C54H43NS/c1-2-13-38(14-3-1)40-19-8-15-39-16-9-22-44(52(39)40)43-17-4-6-24-47(43)55(49-26-12-28-51-53(49)45-18-5-7-27-50(45)56-51)48-25-11-20-41-42(48)21-10-23-46(41)54-32-35-29-36(33-54)31-37(30-35)34-54/h1-28,35-37H,29-34H2. The Bertz CT molecular complexity index is 2930. The molecule has 4 fully saturated rings. The third-order valence-electron chi connectivity index (χ3n) is 13.8. The van der Waals surface area contributed by atoms with Crippen LogP contribution < -0.4 is 4.90 Å². The van der Waals surface area contributed by atoms with Crippen LogP contribution in [-0.2, 0) is 5.41 Å². The largest absolute Gasteiger partial charge is 0.309 e. The molecule has 0 radical (unpaired) electrons. The number of thiophene rings is 1. The van der Waals surface area contributed by atoms with Gasteiger partial charge in [-0.3, -0.25) is 0 Å². The van der Waals surface area contributed by atoms with Gasteiger partial charge in [0.25, 0.3) is 0 Å². The van der Waals surface area contributed by atoms with Crippen molar-refractivity contribution in [1.29, 1.82) is 0 Å². The topological polar surface area (TPSA) is 3.24 Å². The Kier molecular flexibility index (Phi) is 7.36. The lowest BCUT2D eigenvalue weighted by atomic mass is 9.48. The first-order chi connectivity index (χ1) is 27.7. The van der Waals surface area contributed by atoms with E-state index in [0.29, 0.717) is 5.41 Å². The average molecular weight is 738 g/mol. The first kappa shape index (κ1) is 32.5. The molecule has 0 spiro atoms. The van der Waals surface area contributed by atoms with Gasteiger partial charge < -0.3 is 4.90 Å². The van der Waals surface area contributed by atoms with Crippen molar-refractivity contribution >= 4 is 70.1 Å². The number of benzene rings is 8. The van der Waals surface area contributed by atoms with Crippen molar-refractivity contribution in [2.24, 2.45) is 17.8 Å². The van der Waals surface area contributed by atoms with E-state index in [1.165, 1.54) is 120 Å². The molecule has 270 valence electrons. The molecule has 4 saturated carbocycles. The van der Waals surface area contributed by atoms with E-state index in [9.17, 15) is 0 Å². The average Bonchev–Trinajstić information content (AvgIpc) is 3.63. The van der Waals surface area contributed by atoms with Gasteiger partial charge in [0.15, 0.2) is 0 Å². The number of nitrogens with zero attached hydrogens (tertiary/aromatic N) is 1. The molecule has 13 rings (SSSR count). The molecule has 1 nitrogen and oxygen atoms in total. The van der Waals surface area contributed by atoms with Gasteiger partial charge in [-0.2, -0.15) is 0 Å². The van der Waals surface area contributed by atoms with E-state index in [4.69, 9.17) is 0 Å². The first-order valence-electron chi connectivity index (χ1n) is 20.6. The molecule has 2 heteroatoms. The third-order valence-corrected chi connectivity index (χ3v) is 14.9. The van der Waals surface area contributed by atoms with E-state index >= 15 is 0 Å². The molecule has 0 aliphatic heterocycles. The number of hydrogen-bond donors (Lipinski definition) is 0. The van der Waals surface area contributed by atoms with Crippen LogP contribution in [0.3, 0.4) is 0 Å². The highest BCUT2D eigenvalue weighted by Crippen LogP contribution is 2.62. The van der Waals surface area contributed by atoms with Crippen LogP contribution >= 0.6 is 11.3 Å². The lowest BCUT2D eigenvalue weighted by Crippen LogP contribution is -2.48. The van der Waals surface area contributed by atoms with Gasteiger partial charge in [-0.15, -0.1) is 11.3 Å². The summed E-state index contributed by atoms with van der Waals surface area (Å²) in [6.45, 7) is 0. The molecule has 9 aromatic rings. The summed E-state index contributed by atoms with van der Waals surface area (Å²) < 4.78 is 2.64. The minimum atomic E-state index is 0.302. The van der Waals surface area contributed by atoms with Crippen LogP contribution in [0.1, 0.15) is 44.1 Å². The molecule has 1 aromatic heterocycles. The summed E-state index contributed by atoms with van der Waals surface area (Å²) in [5.74, 6) is 2.69. The van der Waals surface area contributed by atoms with Crippen molar-refractivity contribution < 1.29 is 0 Å². The van der Waals surface area contributed by atoms with Gasteiger partial charge in [-0.05, 0) is 130 Å². The number of rotatable bonds is 6. The van der Waals surface area contributed by atoms with Gasteiger partial charge in [0.2, 0.25) is 0 Å². The van der Waals surface area contributed by atoms with E-state index in [-0.39, 0.29) is 0 Å². The molecule has 1 heterocycles. The maximum atomic E-state index is 2.62. The smallest absolute Gasteiger partial charge is 0.0555 e. The summed E-state index contributed by atoms with van der Waals surface area (Å²) in [5, 5.41) is 7.95. The molecule has 0 N–H and O–H groups in total. The summed E-state index contributed by atoms with van der Waals surface area (Å²) in [5.41, 5.74) is 10.5. The molecule has 0 atom stereocenters. The van der Waals surface area contributed by atoms with E-state index in [0.717, 1.165) is 17.8 Å². The Morgan fingerprint density at radius 3 is 1.80 bits per heavy atom. The van der Waals surface area contributed by atoms with Crippen LogP contribution in [0.2, 0.25) is 0 Å². The molecule has 56 heavy (non-hydrogen) atoms. The van der Waals surface area contributed by atoms with E-state index in [1.807, 2.05) is 11.3 Å². The Morgan fingerprint density at radius 1 is 0.411 bits per heavy atom. The van der Waals surface area contributed by atoms with Crippen LogP contribution in [-0.4, -0.2) is 0 Å². The van der Waals surface area contributed by atoms with Gasteiger partial charge in [-0.25, -0.2) is 0 Å². The van der Waals surface area contributed by atoms with Gasteiger partial charge in [0.1, 0.15) is 0 Å². The van der Waals surface area contributed by atoms with E-state index < -0.39 is 0 Å². The van der Waals surface area contributed by atoms with Gasteiger partial charge in [0.05, 0.1) is 17.1 Å². The van der Waals surface area contributed by atoms with Gasteiger partial charge in [-0.1, -0.05) is 140 Å². The quantitative estimate of drug-likeness (QED) is 0.164. The SMILES string of the molecule is c1ccc(-c2cccc3cccc(-c4ccccc4N(c4cccc5c(C67CC8CC(CC(C8)C6)C7)cccc45)c4cccc5sc6ccccc6c45)c23)cc1. The normalized spacial score (nSPS) is 21.4. The Morgan fingerprint density at radius 2 is 0.982 bits per heavy atom. The highest BCUT2D eigenvalue weighted by molar-refractivity contribution is 7.26. The zero-order valence-electron chi connectivity index (χ0n) is 31.5. The van der Waals surface area contributed by atoms with Crippen LogP contribution in [0.25, 0.3) is 64.0 Å². The Balaban J connectivity index is 1.15. The lowest BCUT2D eigenvalue weighted by Gasteiger charge is -2.57. The zero-order chi connectivity index (χ0) is 36.8. The van der Waals surface area contributed by atoms with Crippen molar-refractivity contribution in [1.82, 2.24) is 0 Å². The van der Waals surface area contributed by atoms with E-state index in [1.54, 1.807) is 5.56 Å². The summed E-state index contributed by atoms with van der Waals surface area (Å²) in [4.78, 5) is 2.62. The minimum Gasteiger partial charge on any atom is -0.309 e. The van der Waals surface area contributed by atoms with Crippen molar-refractivity contribution in [2.45, 2.75) is 43.9 Å². The van der Waals surface area contributed by atoms with Crippen molar-refractivity contribution in [3.63, 3.8) is 0 Å². The second-order valence-electron chi connectivity index (χ2n) is 17.1. The maximum absolute atomic E-state index is 2.62. The summed E-state index contributed by atoms with van der Waals surface area (Å²) in [7, 11) is 0. The highest BCUT2D eigenvalue weighted by atomic mass is 32.1. The minimum absolute atomic E-state index is 0.302. The highest BCUT2D eigenvalue weighted by Gasteiger charge is 2.52. The predicted molar refractivity (Wildman–Crippen MR) is 240 cm³/mol. The molecule has 0 saturated heterocycles. The first-order valence-corrected chi connectivity index (χ1v) is 21.4. The molecule has 0 unspecified atom stereocenters. The lowest BCUT2D eigenvalue weighted by molar-refractivity contribution is -0.00449. The number of fused-ring (bicyclic) bond motifs is 5. The number of hydrogen-bond acceptors (Lipinski definition) is 2. The fourth-order valence-electron chi connectivity index (χ4n) is 12.0. The van der Waals surface area contributed by atoms with E-state index in [2.05, 4.69) is 175 Å². The third kappa shape index (κ3) is 4.98. The fourth-order valence-corrected chi connectivity index (χ4v) is 13.2. The van der Waals surface area contributed by atoms with Crippen LogP contribution in [0.5, 0.6) is 0 Å². The van der Waals surface area contributed by atoms with Crippen LogP contribution in [0, 0.1) is 17.8 Å². The molecule has 0 amide bonds. The van der Waals surface area contributed by atoms with Crippen LogP contribution in [0.4, 0.5) is 17.1 Å². The van der Waals surface area contributed by atoms with Crippen molar-refractivity contribution in [3.05, 3.63) is 175 Å². The number of para-hydroxylation sites is 1. The monoisotopic (exact) mass is 737 g/mol. The van der Waals surface area contributed by atoms with Crippen molar-refractivity contribution in [3.8, 4) is 22.3 Å². The summed E-state index contributed by atoms with van der Waals surface area (Å²) in [6.07, 6.45) is 8.45. The van der Waals surface area contributed by atoms with Crippen LogP contribution in [0.15, 0.2) is 170 Å². The van der Waals surface area contributed by atoms with Gasteiger partial charge >= 0.3 is 0 Å². The summed E-state index contributed by atoms with van der Waals surface area (Å²) >= 11 is 1.90. The predicted octanol–water partition coefficient (Wildman–Crippen LogP) is 15.6. The van der Waals surface area contributed by atoms with Crippen molar-refractivity contribution in [2.75, 3.05) is 4.90 Å². The molecule has 8 aromatic carbocycles. The Labute approximate surface area is 332 Å². The number of anilines is 3. The molecule has 4 aliphatic carbocycles. The maximum Gasteiger partial charge on any atom is 0.0555 e. The molecule has 4 bridgehead atoms. The Hall–Kier alpha value is -5.70. The van der Waals surface area contributed by atoms with Gasteiger partial charge in [0, 0.05) is 31.1 Å². The zero-order valence-corrected chi connectivity index (χ0v) is 32.3. The second kappa shape index (κ2) is 12.7.